The van der Waals surface area contributed by atoms with Gasteiger partial charge in [0.15, 0.2) is 0 Å². The van der Waals surface area contributed by atoms with Crippen LogP contribution in [0.25, 0.3) is 0 Å². The monoisotopic (exact) mass is 262 g/mol. The molecule has 0 bridgehead atoms. The smallest absolute Gasteiger partial charge is 0.389 e. The van der Waals surface area contributed by atoms with Crippen molar-refractivity contribution in [2.75, 3.05) is 18.5 Å². The fourth-order valence-electron chi connectivity index (χ4n) is 1.71. The second-order valence-electron chi connectivity index (χ2n) is 3.81. The molecule has 0 saturated heterocycles. The van der Waals surface area contributed by atoms with E-state index < -0.39 is 12.7 Å². The Kier molecular flexibility index (Phi) is 3.98. The van der Waals surface area contributed by atoms with Crippen LogP contribution in [0.5, 0.6) is 0 Å². The lowest BCUT2D eigenvalue weighted by Crippen LogP contribution is -2.32. The van der Waals surface area contributed by atoms with Crippen LogP contribution in [0.3, 0.4) is 0 Å². The molecule has 94 valence electrons. The van der Waals surface area contributed by atoms with Crippen molar-refractivity contribution in [1.29, 1.82) is 0 Å². The third-order valence-electron chi connectivity index (χ3n) is 2.30. The van der Waals surface area contributed by atoms with Crippen molar-refractivity contribution in [2.45, 2.75) is 13.1 Å². The number of nitrogens with two attached hydrogens (primary N) is 1. The van der Waals surface area contributed by atoms with E-state index in [1.807, 2.05) is 0 Å². The summed E-state index contributed by atoms with van der Waals surface area (Å²) in [6.07, 6.45) is -4.26. The minimum Gasteiger partial charge on any atom is -0.389 e. The normalized spacial score (nSPS) is 11.4. The van der Waals surface area contributed by atoms with Crippen LogP contribution in [0.15, 0.2) is 18.2 Å². The Hall–Kier alpha value is -1.30. The molecular weight excluding hydrogens is 249 g/mol. The third kappa shape index (κ3) is 3.59. The number of anilines is 1. The molecule has 0 aliphatic rings. The Labute approximate surface area is 103 Å². The maximum absolute atomic E-state index is 12.4. The van der Waals surface area contributed by atoms with E-state index in [1.165, 1.54) is 7.05 Å². The number of halogens is 3. The largest absolute Gasteiger partial charge is 0.405 e. The highest BCUT2D eigenvalue weighted by Crippen LogP contribution is 2.27. The Morgan fingerprint density at radius 3 is 2.47 bits per heavy atom. The van der Waals surface area contributed by atoms with Gasteiger partial charge in [0.05, 0.1) is 0 Å². The number of benzene rings is 1. The zero-order chi connectivity index (χ0) is 13.2. The molecule has 0 heterocycles. The molecule has 0 saturated carbocycles. The number of aryl methyl sites for hydroxylation is 1. The minimum atomic E-state index is -4.26. The van der Waals surface area contributed by atoms with Gasteiger partial charge in [-0.15, -0.1) is 0 Å². The Morgan fingerprint density at radius 1 is 1.41 bits per heavy atom. The fraction of sp³-hybridized carbons (Fsp3) is 0.364. The van der Waals surface area contributed by atoms with Crippen LogP contribution in [0.1, 0.15) is 11.1 Å². The fourth-order valence-corrected chi connectivity index (χ4v) is 1.88. The first kappa shape index (κ1) is 13.8. The topological polar surface area (TPSA) is 29.3 Å². The van der Waals surface area contributed by atoms with Crippen molar-refractivity contribution >= 4 is 22.9 Å². The first-order valence-electron chi connectivity index (χ1n) is 4.89. The molecule has 0 aliphatic carbocycles. The number of para-hydroxylation sites is 1. The summed E-state index contributed by atoms with van der Waals surface area (Å²) in [6.45, 7) is 0.692. The van der Waals surface area contributed by atoms with Crippen LogP contribution in [-0.2, 0) is 0 Å². The van der Waals surface area contributed by atoms with Crippen LogP contribution in [0, 0.1) is 6.92 Å². The van der Waals surface area contributed by atoms with Crippen LogP contribution in [0.2, 0.25) is 0 Å². The SMILES string of the molecule is Cc1cccc(C(N)=S)c1N(C)CC(F)(F)F. The number of alkyl halides is 3. The molecule has 0 amide bonds. The first-order valence-corrected chi connectivity index (χ1v) is 5.30. The summed E-state index contributed by atoms with van der Waals surface area (Å²) >= 11 is 4.84. The summed E-state index contributed by atoms with van der Waals surface area (Å²) in [5.74, 6) is 0. The molecule has 0 fully saturated rings. The van der Waals surface area contributed by atoms with Crippen molar-refractivity contribution < 1.29 is 13.2 Å². The van der Waals surface area contributed by atoms with Crippen LogP contribution in [0.4, 0.5) is 18.9 Å². The van der Waals surface area contributed by atoms with E-state index in [1.54, 1.807) is 25.1 Å². The highest BCUT2D eigenvalue weighted by molar-refractivity contribution is 7.80. The van der Waals surface area contributed by atoms with Crippen molar-refractivity contribution in [2.24, 2.45) is 5.73 Å². The molecule has 6 heteroatoms. The summed E-state index contributed by atoms with van der Waals surface area (Å²) in [6, 6.07) is 5.07. The summed E-state index contributed by atoms with van der Waals surface area (Å²) in [7, 11) is 1.37. The summed E-state index contributed by atoms with van der Waals surface area (Å²) < 4.78 is 37.1. The van der Waals surface area contributed by atoms with E-state index in [2.05, 4.69) is 0 Å². The summed E-state index contributed by atoms with van der Waals surface area (Å²) in [5.41, 5.74) is 7.11. The van der Waals surface area contributed by atoms with Crippen molar-refractivity contribution in [3.05, 3.63) is 29.3 Å². The molecule has 0 aliphatic heterocycles. The van der Waals surface area contributed by atoms with Crippen molar-refractivity contribution in [1.82, 2.24) is 0 Å². The van der Waals surface area contributed by atoms with Gasteiger partial charge in [0.1, 0.15) is 11.5 Å². The van der Waals surface area contributed by atoms with E-state index >= 15 is 0 Å². The molecule has 2 N–H and O–H groups in total. The second-order valence-corrected chi connectivity index (χ2v) is 4.25. The molecule has 1 aromatic rings. The molecule has 1 rings (SSSR count). The van der Waals surface area contributed by atoms with Gasteiger partial charge in [-0.05, 0) is 18.6 Å². The first-order chi connectivity index (χ1) is 7.72. The molecular formula is C11H13F3N2S. The van der Waals surface area contributed by atoms with Gasteiger partial charge in [0, 0.05) is 18.3 Å². The van der Waals surface area contributed by atoms with E-state index in [0.717, 1.165) is 4.90 Å². The summed E-state index contributed by atoms with van der Waals surface area (Å²) in [5, 5.41) is 0. The number of thiocarbonyl (C=S) groups is 1. The van der Waals surface area contributed by atoms with Gasteiger partial charge in [-0.1, -0.05) is 24.4 Å². The van der Waals surface area contributed by atoms with Gasteiger partial charge >= 0.3 is 6.18 Å². The van der Waals surface area contributed by atoms with E-state index in [9.17, 15) is 13.2 Å². The number of hydrogen-bond acceptors (Lipinski definition) is 2. The highest BCUT2D eigenvalue weighted by Gasteiger charge is 2.30. The maximum Gasteiger partial charge on any atom is 0.405 e. The third-order valence-corrected chi connectivity index (χ3v) is 2.52. The molecule has 2 nitrogen and oxygen atoms in total. The Bertz CT molecular complexity index is 429. The predicted molar refractivity (Wildman–Crippen MR) is 66.4 cm³/mol. The molecule has 0 radical (unpaired) electrons. The van der Waals surface area contributed by atoms with Gasteiger partial charge in [0.2, 0.25) is 0 Å². The van der Waals surface area contributed by atoms with Gasteiger partial charge in [-0.25, -0.2) is 0 Å². The zero-order valence-electron chi connectivity index (χ0n) is 9.51. The Balaban J connectivity index is 3.16. The lowest BCUT2D eigenvalue weighted by molar-refractivity contribution is -0.119. The lowest BCUT2D eigenvalue weighted by atomic mass is 10.1. The molecule has 17 heavy (non-hydrogen) atoms. The molecule has 0 unspecified atom stereocenters. The quantitative estimate of drug-likeness (QED) is 0.849. The number of hydrogen-bond donors (Lipinski definition) is 1. The lowest BCUT2D eigenvalue weighted by Gasteiger charge is -2.25. The van der Waals surface area contributed by atoms with Gasteiger partial charge in [-0.2, -0.15) is 13.2 Å². The highest BCUT2D eigenvalue weighted by atomic mass is 32.1. The Morgan fingerprint density at radius 2 is 2.00 bits per heavy atom. The average molecular weight is 262 g/mol. The van der Waals surface area contributed by atoms with Crippen LogP contribution < -0.4 is 10.6 Å². The number of nitrogens with zero attached hydrogens (tertiary/aromatic N) is 1. The van der Waals surface area contributed by atoms with E-state index in [4.69, 9.17) is 18.0 Å². The molecule has 0 atom stereocenters. The second kappa shape index (κ2) is 4.91. The summed E-state index contributed by atoms with van der Waals surface area (Å²) in [4.78, 5) is 1.21. The van der Waals surface area contributed by atoms with Gasteiger partial charge in [0.25, 0.3) is 0 Å². The van der Waals surface area contributed by atoms with Crippen LogP contribution >= 0.6 is 12.2 Å². The van der Waals surface area contributed by atoms with Crippen molar-refractivity contribution in [3.63, 3.8) is 0 Å². The van der Waals surface area contributed by atoms with E-state index in [0.29, 0.717) is 16.8 Å². The van der Waals surface area contributed by atoms with Gasteiger partial charge in [-0.3, -0.25) is 0 Å². The van der Waals surface area contributed by atoms with E-state index in [-0.39, 0.29) is 4.99 Å². The minimum absolute atomic E-state index is 0.0951. The molecule has 0 aromatic heterocycles. The molecule has 0 spiro atoms. The molecule has 1 aromatic carbocycles. The van der Waals surface area contributed by atoms with Crippen molar-refractivity contribution in [3.8, 4) is 0 Å². The maximum atomic E-state index is 12.4. The zero-order valence-corrected chi connectivity index (χ0v) is 10.3. The van der Waals surface area contributed by atoms with Crippen LogP contribution in [-0.4, -0.2) is 24.8 Å². The standard InChI is InChI=1S/C11H13F3N2S/c1-7-4-3-5-8(10(15)17)9(7)16(2)6-11(12,13)14/h3-5H,6H2,1-2H3,(H2,15,17). The predicted octanol–water partition coefficient (Wildman–Crippen LogP) is 2.63. The van der Waals surface area contributed by atoms with Gasteiger partial charge < -0.3 is 10.6 Å². The number of rotatable bonds is 3. The average Bonchev–Trinajstić information content (AvgIpc) is 2.13.